The Labute approximate surface area is 204 Å². The van der Waals surface area contributed by atoms with Gasteiger partial charge in [-0.2, -0.15) is 0 Å². The number of benzene rings is 1. The molecule has 0 saturated heterocycles. The lowest BCUT2D eigenvalue weighted by molar-refractivity contribution is -0.134. The van der Waals surface area contributed by atoms with Crippen LogP contribution in [0.2, 0.25) is 0 Å². The van der Waals surface area contributed by atoms with Crippen LogP contribution in [-0.2, 0) is 30.3 Å². The summed E-state index contributed by atoms with van der Waals surface area (Å²) >= 11 is 0. The molecule has 194 valence electrons. The molecule has 8 N–H and O–H groups in total. The maximum absolute atomic E-state index is 11.1. The van der Waals surface area contributed by atoms with Crippen LogP contribution in [0, 0.1) is 0 Å². The molecule has 1 aromatic heterocycles. The minimum absolute atomic E-state index is 0.331. The Balaban J connectivity index is 0.000000634. The van der Waals surface area contributed by atoms with E-state index in [1.165, 1.54) is 6.34 Å². The van der Waals surface area contributed by atoms with Crippen LogP contribution in [0.3, 0.4) is 0 Å². The van der Waals surface area contributed by atoms with Gasteiger partial charge in [0.15, 0.2) is 0 Å². The second-order valence-corrected chi connectivity index (χ2v) is 6.23. The molecule has 0 bridgehead atoms. The number of fused-ring (bicyclic) bond motifs is 1. The first-order chi connectivity index (χ1) is 17.0. The lowest BCUT2D eigenvalue weighted by Crippen LogP contribution is -2.22. The first-order valence-corrected chi connectivity index (χ1v) is 10.0. The van der Waals surface area contributed by atoms with Crippen molar-refractivity contribution in [1.29, 1.82) is 0 Å². The Morgan fingerprint density at radius 3 is 1.94 bits per heavy atom. The molecule has 1 aromatic carbocycles. The van der Waals surface area contributed by atoms with Crippen LogP contribution in [0.1, 0.15) is 12.5 Å². The largest absolute Gasteiger partial charge is 0.478 e. The summed E-state index contributed by atoms with van der Waals surface area (Å²) in [6.45, 7) is 2.68. The van der Waals surface area contributed by atoms with E-state index in [1.807, 2.05) is 24.4 Å². The van der Waals surface area contributed by atoms with Crippen molar-refractivity contribution in [2.45, 2.75) is 13.3 Å². The number of nitrogens with one attached hydrogen (secondary N) is 2. The van der Waals surface area contributed by atoms with Gasteiger partial charge in [-0.3, -0.25) is 5.32 Å². The predicted octanol–water partition coefficient (Wildman–Crippen LogP) is 1.50. The molecule has 0 radical (unpaired) electrons. The number of carbonyl (C=O) groups excluding carboxylic acids is 1. The first kappa shape index (κ1) is 31.0. The summed E-state index contributed by atoms with van der Waals surface area (Å²) in [6.07, 6.45) is 5.82. The summed E-state index contributed by atoms with van der Waals surface area (Å²) in [5, 5.41) is 34.8. The fourth-order valence-corrected chi connectivity index (χ4v) is 2.23. The molecular weight excluding hydrogens is 480 g/mol. The summed E-state index contributed by atoms with van der Waals surface area (Å²) in [7, 11) is 0. The standard InChI is InChI=1S/C14H18N4O2.2C4H4O4/c1-2-20-14(19)18-9-17-11-3-4-13-12(7-11)10(5-6-15)8-16-13;2*5-3(6)1-2-4(7)8/h3-4,7-9,16H,2,5-6,15H2,1H3,(H,17,18,19);2*1-2H,(H,5,6)(H,7,8)/b;2*2-1-. The smallest absolute Gasteiger partial charge is 0.412 e. The molecule has 0 fully saturated rings. The molecule has 14 nitrogen and oxygen atoms in total. The highest BCUT2D eigenvalue weighted by molar-refractivity contribution is 5.90. The third kappa shape index (κ3) is 15.0. The molecule has 0 atom stereocenters. The zero-order valence-electron chi connectivity index (χ0n) is 19.1. The average molecular weight is 506 g/mol. The number of hydrogen-bond donors (Lipinski definition) is 7. The predicted molar refractivity (Wildman–Crippen MR) is 128 cm³/mol. The summed E-state index contributed by atoms with van der Waals surface area (Å²) in [5.74, 6) is -5.03. The minimum atomic E-state index is -1.26. The molecule has 0 spiro atoms. The zero-order chi connectivity index (χ0) is 27.5. The third-order valence-corrected chi connectivity index (χ3v) is 3.57. The van der Waals surface area contributed by atoms with E-state index < -0.39 is 30.0 Å². The number of nitrogens with two attached hydrogens (primary N) is 1. The number of carboxylic acids is 4. The number of hydrogen-bond acceptors (Lipinski definition) is 8. The van der Waals surface area contributed by atoms with Crippen LogP contribution >= 0.6 is 0 Å². The summed E-state index contributed by atoms with van der Waals surface area (Å²) < 4.78 is 4.73. The number of aromatic nitrogens is 1. The highest BCUT2D eigenvalue weighted by Gasteiger charge is 2.03. The average Bonchev–Trinajstić information content (AvgIpc) is 3.20. The molecule has 0 aliphatic heterocycles. The van der Waals surface area contributed by atoms with Gasteiger partial charge in [0.1, 0.15) is 0 Å². The Bertz CT molecular complexity index is 1070. The van der Waals surface area contributed by atoms with E-state index in [2.05, 4.69) is 15.3 Å². The molecule has 1 amide bonds. The van der Waals surface area contributed by atoms with Crippen LogP contribution in [0.25, 0.3) is 10.9 Å². The van der Waals surface area contributed by atoms with Crippen molar-refractivity contribution in [2.75, 3.05) is 13.2 Å². The highest BCUT2D eigenvalue weighted by atomic mass is 16.5. The van der Waals surface area contributed by atoms with Gasteiger partial charge >= 0.3 is 30.0 Å². The SMILES string of the molecule is CCOC(=O)NC=Nc1ccc2[nH]cc(CCN)c2c1.O=C(O)/C=C\C(=O)O.O=C(O)/C=C\C(=O)O. The molecule has 0 saturated carbocycles. The molecule has 0 unspecified atom stereocenters. The molecule has 0 aliphatic carbocycles. The number of amides is 1. The number of aliphatic carboxylic acids is 4. The molecule has 36 heavy (non-hydrogen) atoms. The molecule has 1 heterocycles. The van der Waals surface area contributed by atoms with Crippen molar-refractivity contribution in [3.8, 4) is 0 Å². The second-order valence-electron chi connectivity index (χ2n) is 6.23. The van der Waals surface area contributed by atoms with E-state index in [9.17, 15) is 24.0 Å². The number of rotatable bonds is 9. The molecule has 2 aromatic rings. The van der Waals surface area contributed by atoms with Crippen LogP contribution in [0.4, 0.5) is 10.5 Å². The molecule has 0 aliphatic rings. The van der Waals surface area contributed by atoms with Crippen molar-refractivity contribution < 1.29 is 49.1 Å². The van der Waals surface area contributed by atoms with Gasteiger partial charge in [0.2, 0.25) is 0 Å². The number of nitrogens with zero attached hydrogens (tertiary/aromatic N) is 1. The Morgan fingerprint density at radius 2 is 1.50 bits per heavy atom. The second kappa shape index (κ2) is 17.5. The number of H-pyrrole nitrogens is 1. The number of carbonyl (C=O) groups is 5. The van der Waals surface area contributed by atoms with Gasteiger partial charge in [0, 0.05) is 41.4 Å². The van der Waals surface area contributed by atoms with Gasteiger partial charge in [-0.05, 0) is 43.7 Å². The van der Waals surface area contributed by atoms with Gasteiger partial charge in [-0.15, -0.1) is 0 Å². The van der Waals surface area contributed by atoms with Crippen LogP contribution in [0.5, 0.6) is 0 Å². The number of aromatic amines is 1. The number of aliphatic imine (C=N–C) groups is 1. The van der Waals surface area contributed by atoms with E-state index in [1.54, 1.807) is 6.92 Å². The first-order valence-electron chi connectivity index (χ1n) is 10.0. The van der Waals surface area contributed by atoms with Gasteiger partial charge in [0.25, 0.3) is 0 Å². The van der Waals surface area contributed by atoms with E-state index in [4.69, 9.17) is 30.9 Å². The van der Waals surface area contributed by atoms with Crippen molar-refractivity contribution in [2.24, 2.45) is 10.7 Å². The zero-order valence-corrected chi connectivity index (χ0v) is 19.1. The van der Waals surface area contributed by atoms with Crippen molar-refractivity contribution >= 4 is 52.9 Å². The molecular formula is C22H26N4O10. The van der Waals surface area contributed by atoms with E-state index >= 15 is 0 Å². The van der Waals surface area contributed by atoms with Gasteiger partial charge < -0.3 is 35.9 Å². The van der Waals surface area contributed by atoms with Crippen LogP contribution < -0.4 is 11.1 Å². The van der Waals surface area contributed by atoms with E-state index in [0.717, 1.165) is 28.6 Å². The van der Waals surface area contributed by atoms with Gasteiger partial charge in [-0.1, -0.05) is 0 Å². The quantitative estimate of drug-likeness (QED) is 0.146. The van der Waals surface area contributed by atoms with Gasteiger partial charge in [-0.25, -0.2) is 29.0 Å². The normalized spacial score (nSPS) is 10.4. The summed E-state index contributed by atoms with van der Waals surface area (Å²) in [6, 6.07) is 5.78. The van der Waals surface area contributed by atoms with Crippen LogP contribution in [0.15, 0.2) is 53.7 Å². The lowest BCUT2D eigenvalue weighted by Gasteiger charge is -2.00. The Morgan fingerprint density at radius 1 is 0.972 bits per heavy atom. The molecule has 2 rings (SSSR count). The minimum Gasteiger partial charge on any atom is -0.478 e. The van der Waals surface area contributed by atoms with E-state index in [0.29, 0.717) is 37.5 Å². The fraction of sp³-hybridized carbons (Fsp3) is 0.182. The molecule has 14 heteroatoms. The van der Waals surface area contributed by atoms with E-state index in [-0.39, 0.29) is 0 Å². The van der Waals surface area contributed by atoms with Gasteiger partial charge in [0.05, 0.1) is 18.6 Å². The lowest BCUT2D eigenvalue weighted by atomic mass is 10.1. The topological polar surface area (TPSA) is 242 Å². The number of carboxylic acid groups (broad SMARTS) is 4. The Kier molecular flexibility index (Phi) is 15.1. The highest BCUT2D eigenvalue weighted by Crippen LogP contribution is 2.23. The maximum atomic E-state index is 11.1. The fourth-order valence-electron chi connectivity index (χ4n) is 2.23. The Hall–Kier alpha value is -4.98. The summed E-state index contributed by atoms with van der Waals surface area (Å²) in [4.78, 5) is 56.7. The van der Waals surface area contributed by atoms with Crippen molar-refractivity contribution in [1.82, 2.24) is 10.3 Å². The van der Waals surface area contributed by atoms with Crippen molar-refractivity contribution in [3.63, 3.8) is 0 Å². The third-order valence-electron chi connectivity index (χ3n) is 3.57. The summed E-state index contributed by atoms with van der Waals surface area (Å²) in [5.41, 5.74) is 8.55. The monoisotopic (exact) mass is 506 g/mol. The maximum Gasteiger partial charge on any atom is 0.412 e. The van der Waals surface area contributed by atoms with Crippen molar-refractivity contribution in [3.05, 3.63) is 54.3 Å². The number of ether oxygens (including phenoxy) is 1. The van der Waals surface area contributed by atoms with Crippen LogP contribution in [-0.4, -0.2) is 74.9 Å². The number of alkyl carbamates (subject to hydrolysis) is 1.